The maximum Gasteiger partial charge on any atom is 0.272 e. The van der Waals surface area contributed by atoms with Crippen LogP contribution < -0.4 is 4.72 Å². The van der Waals surface area contributed by atoms with Crippen molar-refractivity contribution in [1.82, 2.24) is 9.97 Å². The predicted octanol–water partition coefficient (Wildman–Crippen LogP) is 4.98. The lowest BCUT2D eigenvalue weighted by Gasteiger charge is -2.10. The van der Waals surface area contributed by atoms with E-state index >= 15 is 0 Å². The van der Waals surface area contributed by atoms with Gasteiger partial charge in [0.15, 0.2) is 11.6 Å². The van der Waals surface area contributed by atoms with E-state index in [-0.39, 0.29) is 10.0 Å². The van der Waals surface area contributed by atoms with E-state index < -0.39 is 10.0 Å². The maximum absolute atomic E-state index is 12.7. The zero-order valence-corrected chi connectivity index (χ0v) is 16.5. The molecule has 4 rings (SSSR count). The molecular weight excluding hydrogens is 442 g/mol. The van der Waals surface area contributed by atoms with Crippen molar-refractivity contribution in [3.8, 4) is 10.7 Å². The topological polar surface area (TPSA) is 72.0 Å². The highest BCUT2D eigenvalue weighted by atomic mass is 79.9. The fraction of sp³-hybridized carbons (Fsp3) is 0. The molecule has 0 amide bonds. The highest BCUT2D eigenvalue weighted by molar-refractivity contribution is 9.11. The number of thiophene rings is 2. The van der Waals surface area contributed by atoms with Gasteiger partial charge in [-0.25, -0.2) is 18.4 Å². The summed E-state index contributed by atoms with van der Waals surface area (Å²) >= 11 is 5.94. The van der Waals surface area contributed by atoms with Crippen molar-refractivity contribution >= 4 is 65.3 Å². The number of sulfonamides is 1. The number of rotatable bonds is 4. The van der Waals surface area contributed by atoms with Gasteiger partial charge in [0.25, 0.3) is 10.0 Å². The Balaban J connectivity index is 1.86. The second-order valence-electron chi connectivity index (χ2n) is 5.05. The van der Waals surface area contributed by atoms with Gasteiger partial charge in [-0.05, 0) is 51.6 Å². The lowest BCUT2D eigenvalue weighted by Crippen LogP contribution is -2.13. The molecule has 3 aromatic heterocycles. The predicted molar refractivity (Wildman–Crippen MR) is 106 cm³/mol. The molecule has 25 heavy (non-hydrogen) atoms. The first-order valence-corrected chi connectivity index (χ1v) is 11.1. The normalized spacial score (nSPS) is 11.7. The fourth-order valence-corrected chi connectivity index (χ4v) is 5.98. The molecule has 4 aromatic rings. The van der Waals surface area contributed by atoms with Gasteiger partial charge in [-0.15, -0.1) is 22.7 Å². The summed E-state index contributed by atoms with van der Waals surface area (Å²) in [6.07, 6.45) is 0. The van der Waals surface area contributed by atoms with E-state index in [1.54, 1.807) is 18.2 Å². The fourth-order valence-electron chi connectivity index (χ4n) is 2.29. The van der Waals surface area contributed by atoms with Gasteiger partial charge in [-0.3, -0.25) is 4.72 Å². The van der Waals surface area contributed by atoms with Crippen LogP contribution in [0.25, 0.3) is 21.6 Å². The van der Waals surface area contributed by atoms with Crippen molar-refractivity contribution in [3.05, 3.63) is 57.7 Å². The summed E-state index contributed by atoms with van der Waals surface area (Å²) in [7, 11) is -3.72. The monoisotopic (exact) mass is 451 g/mol. The van der Waals surface area contributed by atoms with E-state index in [0.717, 1.165) is 20.0 Å². The molecule has 0 fully saturated rings. The van der Waals surface area contributed by atoms with Crippen molar-refractivity contribution in [2.45, 2.75) is 4.21 Å². The molecule has 5 nitrogen and oxygen atoms in total. The summed E-state index contributed by atoms with van der Waals surface area (Å²) in [6.45, 7) is 0. The molecule has 126 valence electrons. The van der Waals surface area contributed by atoms with Crippen LogP contribution >= 0.6 is 38.6 Å². The number of hydrogen-bond acceptors (Lipinski definition) is 6. The molecule has 0 saturated carbocycles. The Labute approximate surface area is 160 Å². The number of halogens is 1. The summed E-state index contributed by atoms with van der Waals surface area (Å²) in [5.74, 6) is 0.775. The number of nitrogens with zero attached hydrogens (tertiary/aromatic N) is 2. The molecule has 0 spiro atoms. The molecule has 0 bridgehead atoms. The standard InChI is InChI=1S/C16H10BrN3O2S3/c17-13-7-8-14(24-13)25(21,22)20-15-10-4-1-2-5-11(10)18-16(19-15)12-6-3-9-23-12/h1-9H,(H,18,19,20). The number of hydrogen-bond donors (Lipinski definition) is 1. The zero-order valence-electron chi connectivity index (χ0n) is 12.5. The van der Waals surface area contributed by atoms with Gasteiger partial charge in [-0.1, -0.05) is 18.2 Å². The highest BCUT2D eigenvalue weighted by Gasteiger charge is 2.20. The molecule has 1 aromatic carbocycles. The van der Waals surface area contributed by atoms with Crippen LogP contribution in [0.3, 0.4) is 0 Å². The summed E-state index contributed by atoms with van der Waals surface area (Å²) in [6, 6.07) is 14.4. The summed E-state index contributed by atoms with van der Waals surface area (Å²) in [4.78, 5) is 9.89. The third-order valence-electron chi connectivity index (χ3n) is 3.39. The van der Waals surface area contributed by atoms with Crippen molar-refractivity contribution in [2.24, 2.45) is 0 Å². The van der Waals surface area contributed by atoms with Gasteiger partial charge in [0.2, 0.25) is 0 Å². The van der Waals surface area contributed by atoms with Gasteiger partial charge in [-0.2, -0.15) is 0 Å². The summed E-state index contributed by atoms with van der Waals surface area (Å²) < 4.78 is 28.9. The van der Waals surface area contributed by atoms with Crippen LogP contribution in [0.15, 0.2) is 61.9 Å². The lowest BCUT2D eigenvalue weighted by molar-refractivity contribution is 0.603. The first-order chi connectivity index (χ1) is 12.0. The molecule has 0 aliphatic rings. The van der Waals surface area contributed by atoms with Crippen molar-refractivity contribution in [2.75, 3.05) is 4.72 Å². The van der Waals surface area contributed by atoms with Crippen LogP contribution in [0.5, 0.6) is 0 Å². The molecule has 0 atom stereocenters. The van der Waals surface area contributed by atoms with E-state index in [4.69, 9.17) is 0 Å². The molecule has 3 heterocycles. The van der Waals surface area contributed by atoms with Gasteiger partial charge >= 0.3 is 0 Å². The molecule has 0 radical (unpaired) electrons. The lowest BCUT2D eigenvalue weighted by atomic mass is 10.2. The molecule has 0 aliphatic heterocycles. The highest BCUT2D eigenvalue weighted by Crippen LogP contribution is 2.31. The second kappa shape index (κ2) is 6.49. The molecular formula is C16H10BrN3O2S3. The second-order valence-corrected chi connectivity index (χ2v) is 10.4. The van der Waals surface area contributed by atoms with Gasteiger partial charge in [0.1, 0.15) is 4.21 Å². The number of anilines is 1. The number of benzene rings is 1. The molecule has 0 unspecified atom stereocenters. The zero-order chi connectivity index (χ0) is 17.4. The Hall–Kier alpha value is -1.81. The Bertz CT molecular complexity index is 1150. The van der Waals surface area contributed by atoms with E-state index in [0.29, 0.717) is 16.7 Å². The number of fused-ring (bicyclic) bond motifs is 1. The average Bonchev–Trinajstić information content (AvgIpc) is 3.26. The summed E-state index contributed by atoms with van der Waals surface area (Å²) in [5.41, 5.74) is 0.686. The van der Waals surface area contributed by atoms with E-state index in [2.05, 4.69) is 30.6 Å². The van der Waals surface area contributed by atoms with Crippen molar-refractivity contribution in [3.63, 3.8) is 0 Å². The molecule has 0 saturated heterocycles. The smallest absolute Gasteiger partial charge is 0.262 e. The quantitative estimate of drug-likeness (QED) is 0.474. The first kappa shape index (κ1) is 16.6. The Kier molecular flexibility index (Phi) is 4.32. The van der Waals surface area contributed by atoms with Gasteiger partial charge < -0.3 is 0 Å². The van der Waals surface area contributed by atoms with E-state index in [1.165, 1.54) is 11.3 Å². The number of aromatic nitrogens is 2. The van der Waals surface area contributed by atoms with Gasteiger partial charge in [0.05, 0.1) is 14.2 Å². The maximum atomic E-state index is 12.7. The van der Waals surface area contributed by atoms with Crippen LogP contribution in [0.4, 0.5) is 5.82 Å². The molecule has 9 heteroatoms. The minimum Gasteiger partial charge on any atom is -0.262 e. The number of para-hydroxylation sites is 1. The Morgan fingerprint density at radius 3 is 2.56 bits per heavy atom. The number of nitrogens with one attached hydrogen (secondary N) is 1. The van der Waals surface area contributed by atoms with Crippen LogP contribution in [0.2, 0.25) is 0 Å². The first-order valence-electron chi connectivity index (χ1n) is 7.12. The van der Waals surface area contributed by atoms with Gasteiger partial charge in [0, 0.05) is 5.39 Å². The van der Waals surface area contributed by atoms with Crippen LogP contribution in [0.1, 0.15) is 0 Å². The van der Waals surface area contributed by atoms with Crippen LogP contribution in [-0.4, -0.2) is 18.4 Å². The SMILES string of the molecule is O=S(=O)(Nc1nc(-c2cccs2)nc2ccccc12)c1ccc(Br)s1. The van der Waals surface area contributed by atoms with Crippen LogP contribution in [-0.2, 0) is 10.0 Å². The molecule has 1 N–H and O–H groups in total. The van der Waals surface area contributed by atoms with Crippen molar-refractivity contribution in [1.29, 1.82) is 0 Å². The summed E-state index contributed by atoms with van der Waals surface area (Å²) in [5, 5.41) is 2.59. The average molecular weight is 452 g/mol. The third kappa shape index (κ3) is 3.32. The Morgan fingerprint density at radius 2 is 1.84 bits per heavy atom. The minimum absolute atomic E-state index is 0.222. The van der Waals surface area contributed by atoms with E-state index in [9.17, 15) is 8.42 Å². The molecule has 0 aliphatic carbocycles. The minimum atomic E-state index is -3.72. The van der Waals surface area contributed by atoms with E-state index in [1.807, 2.05) is 35.7 Å². The Morgan fingerprint density at radius 1 is 1.00 bits per heavy atom. The van der Waals surface area contributed by atoms with Crippen molar-refractivity contribution < 1.29 is 8.42 Å². The van der Waals surface area contributed by atoms with Crippen LogP contribution in [0, 0.1) is 0 Å². The largest absolute Gasteiger partial charge is 0.272 e. The third-order valence-corrected chi connectivity index (χ3v) is 7.71.